The Morgan fingerprint density at radius 2 is 1.83 bits per heavy atom. The summed E-state index contributed by atoms with van der Waals surface area (Å²) in [6.07, 6.45) is 1.00. The smallest absolute Gasteiger partial charge is 0.0969 e. The van der Waals surface area contributed by atoms with E-state index in [1.54, 1.807) is 0 Å². The van der Waals surface area contributed by atoms with Gasteiger partial charge in [-0.25, -0.2) is 4.84 Å². The van der Waals surface area contributed by atoms with Gasteiger partial charge in [-0.15, -0.1) is 0 Å². The van der Waals surface area contributed by atoms with Gasteiger partial charge in [-0.3, -0.25) is 10.4 Å². The minimum Gasteiger partial charge on any atom is -0.379 e. The van der Waals surface area contributed by atoms with Crippen molar-refractivity contribution in [2.75, 3.05) is 19.8 Å². The first kappa shape index (κ1) is 11.8. The Morgan fingerprint density at radius 1 is 1.17 bits per heavy atom. The first-order valence-corrected chi connectivity index (χ1v) is 4.01. The predicted molar refractivity (Wildman–Crippen MR) is 41.6 cm³/mol. The number of ether oxygens (including phenoxy) is 1. The molecule has 0 aromatic rings. The van der Waals surface area contributed by atoms with E-state index in [1.165, 1.54) is 0 Å². The second kappa shape index (κ2) is 7.45. The molecule has 0 amide bonds. The SMILES string of the molecule is CC(C)CCOCCON(O)O. The van der Waals surface area contributed by atoms with Crippen LogP contribution in [0.2, 0.25) is 0 Å². The summed E-state index contributed by atoms with van der Waals surface area (Å²) < 4.78 is 5.12. The van der Waals surface area contributed by atoms with Crippen LogP contribution in [-0.4, -0.2) is 35.6 Å². The Kier molecular flexibility index (Phi) is 7.33. The second-order valence-electron chi connectivity index (χ2n) is 2.88. The van der Waals surface area contributed by atoms with Gasteiger partial charge in [0.05, 0.1) is 18.6 Å². The van der Waals surface area contributed by atoms with Gasteiger partial charge in [0.15, 0.2) is 0 Å². The third-order valence-corrected chi connectivity index (χ3v) is 1.27. The summed E-state index contributed by atoms with van der Waals surface area (Å²) in [6, 6.07) is 0. The molecule has 0 unspecified atom stereocenters. The lowest BCUT2D eigenvalue weighted by Gasteiger charge is -2.07. The third kappa shape index (κ3) is 9.80. The molecule has 5 heteroatoms. The molecule has 0 aromatic carbocycles. The Bertz CT molecular complexity index is 85.4. The molecule has 0 atom stereocenters. The van der Waals surface area contributed by atoms with Gasteiger partial charge in [0.1, 0.15) is 0 Å². The summed E-state index contributed by atoms with van der Waals surface area (Å²) in [4.78, 5) is 4.27. The number of hydrogen-bond donors (Lipinski definition) is 2. The van der Waals surface area contributed by atoms with Crippen LogP contribution in [0.5, 0.6) is 0 Å². The van der Waals surface area contributed by atoms with Crippen molar-refractivity contribution in [2.24, 2.45) is 5.92 Å². The number of hydrogen-bond acceptors (Lipinski definition) is 5. The van der Waals surface area contributed by atoms with Crippen molar-refractivity contribution >= 4 is 0 Å². The molecule has 0 radical (unpaired) electrons. The standard InChI is InChI=1S/C7H17NO4/c1-7(2)3-4-11-5-6-12-8(9)10/h7,9-10H,3-6H2,1-2H3. The van der Waals surface area contributed by atoms with Gasteiger partial charge in [0.2, 0.25) is 0 Å². The first-order chi connectivity index (χ1) is 5.63. The summed E-state index contributed by atoms with van der Waals surface area (Å²) >= 11 is 0. The molecule has 0 aliphatic carbocycles. The highest BCUT2D eigenvalue weighted by Gasteiger charge is 1.95. The van der Waals surface area contributed by atoms with E-state index in [9.17, 15) is 0 Å². The highest BCUT2D eigenvalue weighted by Crippen LogP contribution is 1.98. The lowest BCUT2D eigenvalue weighted by molar-refractivity contribution is -0.493. The van der Waals surface area contributed by atoms with E-state index >= 15 is 0 Å². The monoisotopic (exact) mass is 179 g/mol. The predicted octanol–water partition coefficient (Wildman–Crippen LogP) is 1.06. The highest BCUT2D eigenvalue weighted by atomic mass is 17.1. The van der Waals surface area contributed by atoms with Gasteiger partial charge in [-0.1, -0.05) is 13.8 Å². The minimum absolute atomic E-state index is 0.144. The zero-order valence-electron chi connectivity index (χ0n) is 7.56. The Balaban J connectivity index is 2.91. The van der Waals surface area contributed by atoms with Crippen LogP contribution in [0.15, 0.2) is 0 Å². The molecule has 0 aliphatic rings. The average molecular weight is 179 g/mol. The van der Waals surface area contributed by atoms with Crippen LogP contribution >= 0.6 is 0 Å². The first-order valence-electron chi connectivity index (χ1n) is 4.01. The molecule has 0 aromatic heterocycles. The van der Waals surface area contributed by atoms with Crippen LogP contribution in [0, 0.1) is 5.92 Å². The number of rotatable bonds is 7. The molecule has 0 bridgehead atoms. The van der Waals surface area contributed by atoms with Gasteiger partial charge in [0, 0.05) is 6.61 Å². The highest BCUT2D eigenvalue weighted by molar-refractivity contribution is 4.41. The fourth-order valence-electron chi connectivity index (χ4n) is 0.599. The summed E-state index contributed by atoms with van der Waals surface area (Å²) in [5.41, 5.74) is 0. The van der Waals surface area contributed by atoms with Crippen LogP contribution < -0.4 is 0 Å². The lowest BCUT2D eigenvalue weighted by Crippen LogP contribution is -2.18. The van der Waals surface area contributed by atoms with Crippen molar-refractivity contribution in [3.63, 3.8) is 0 Å². The van der Waals surface area contributed by atoms with Crippen molar-refractivity contribution in [1.29, 1.82) is 0 Å². The molecule has 0 saturated heterocycles. The topological polar surface area (TPSA) is 62.2 Å². The molecule has 0 heterocycles. The second-order valence-corrected chi connectivity index (χ2v) is 2.88. The zero-order chi connectivity index (χ0) is 9.40. The normalized spacial score (nSPS) is 11.5. The third-order valence-electron chi connectivity index (χ3n) is 1.27. The fraction of sp³-hybridized carbons (Fsp3) is 1.00. The van der Waals surface area contributed by atoms with Crippen LogP contribution in [0.1, 0.15) is 20.3 Å². The maximum absolute atomic E-state index is 8.11. The zero-order valence-corrected chi connectivity index (χ0v) is 7.56. The van der Waals surface area contributed by atoms with Crippen molar-refractivity contribution < 1.29 is 20.0 Å². The van der Waals surface area contributed by atoms with Gasteiger partial charge >= 0.3 is 0 Å². The van der Waals surface area contributed by atoms with E-state index in [2.05, 4.69) is 18.7 Å². The quantitative estimate of drug-likeness (QED) is 0.452. The number of nitrogens with zero attached hydrogens (tertiary/aromatic N) is 1. The lowest BCUT2D eigenvalue weighted by atomic mass is 10.1. The van der Waals surface area contributed by atoms with E-state index in [4.69, 9.17) is 15.2 Å². The molecule has 0 fully saturated rings. The molecule has 74 valence electrons. The van der Waals surface area contributed by atoms with E-state index in [-0.39, 0.29) is 12.0 Å². The summed E-state index contributed by atoms with van der Waals surface area (Å²) in [7, 11) is 0. The molecule has 0 aliphatic heterocycles. The Hall–Kier alpha value is -0.200. The van der Waals surface area contributed by atoms with Crippen molar-refractivity contribution in [1.82, 2.24) is 5.39 Å². The van der Waals surface area contributed by atoms with Gasteiger partial charge < -0.3 is 4.74 Å². The average Bonchev–Trinajstić information content (AvgIpc) is 1.95. The van der Waals surface area contributed by atoms with E-state index in [0.717, 1.165) is 6.42 Å². The molecule has 12 heavy (non-hydrogen) atoms. The van der Waals surface area contributed by atoms with Crippen LogP contribution in [0.3, 0.4) is 0 Å². The maximum Gasteiger partial charge on any atom is 0.0969 e. The molecular weight excluding hydrogens is 162 g/mol. The van der Waals surface area contributed by atoms with Crippen LogP contribution in [-0.2, 0) is 9.57 Å². The molecule has 2 N–H and O–H groups in total. The maximum atomic E-state index is 8.11. The molecule has 5 nitrogen and oxygen atoms in total. The molecule has 0 rings (SSSR count). The van der Waals surface area contributed by atoms with E-state index < -0.39 is 0 Å². The van der Waals surface area contributed by atoms with Crippen molar-refractivity contribution in [3.05, 3.63) is 0 Å². The van der Waals surface area contributed by atoms with Gasteiger partial charge in [-0.2, -0.15) is 0 Å². The van der Waals surface area contributed by atoms with Crippen molar-refractivity contribution in [3.8, 4) is 0 Å². The fourth-order valence-corrected chi connectivity index (χ4v) is 0.599. The Morgan fingerprint density at radius 3 is 2.33 bits per heavy atom. The van der Waals surface area contributed by atoms with Crippen LogP contribution in [0.25, 0.3) is 0 Å². The summed E-state index contributed by atoms with van der Waals surface area (Å²) in [6.45, 7) is 5.42. The van der Waals surface area contributed by atoms with Crippen molar-refractivity contribution in [2.45, 2.75) is 20.3 Å². The minimum atomic E-state index is -0.314. The van der Waals surface area contributed by atoms with Crippen LogP contribution in [0.4, 0.5) is 0 Å². The largest absolute Gasteiger partial charge is 0.379 e. The van der Waals surface area contributed by atoms with Gasteiger partial charge in [0.25, 0.3) is 0 Å². The summed E-state index contributed by atoms with van der Waals surface area (Å²) in [5.74, 6) is 0.623. The van der Waals surface area contributed by atoms with E-state index in [1.807, 2.05) is 0 Å². The summed E-state index contributed by atoms with van der Waals surface area (Å²) in [5, 5.41) is 15.9. The molecular formula is C7H17NO4. The van der Waals surface area contributed by atoms with Gasteiger partial charge in [-0.05, 0) is 12.3 Å². The molecule has 0 spiro atoms. The molecule has 0 saturated carbocycles. The van der Waals surface area contributed by atoms with E-state index in [0.29, 0.717) is 19.1 Å². The Labute approximate surface area is 72.4 Å².